The quantitative estimate of drug-likeness (QED) is 0.619. The van der Waals surface area contributed by atoms with Gasteiger partial charge in [0, 0.05) is 17.8 Å². The molecule has 7 heteroatoms. The van der Waals surface area contributed by atoms with Crippen molar-refractivity contribution in [3.05, 3.63) is 46.2 Å². The molecule has 2 aromatic rings. The van der Waals surface area contributed by atoms with Gasteiger partial charge in [0.25, 0.3) is 0 Å². The van der Waals surface area contributed by atoms with Crippen LogP contribution in [0.2, 0.25) is 0 Å². The largest absolute Gasteiger partial charge is 1.00 e. The Labute approximate surface area is 168 Å². The van der Waals surface area contributed by atoms with Crippen LogP contribution >= 0.6 is 0 Å². The first kappa shape index (κ1) is 16.4. The molecule has 1 aliphatic rings. The van der Waals surface area contributed by atoms with Crippen molar-refractivity contribution in [3.63, 3.8) is 0 Å². The van der Waals surface area contributed by atoms with E-state index >= 15 is 0 Å². The van der Waals surface area contributed by atoms with Crippen molar-refractivity contribution in [3.8, 4) is 22.8 Å². The number of carbonyl (C=O) groups is 1. The zero-order valence-electron chi connectivity index (χ0n) is 11.3. The smallest absolute Gasteiger partial charge is 0.872 e. The van der Waals surface area contributed by atoms with Crippen LogP contribution in [-0.4, -0.2) is 22.2 Å². The molecule has 0 radical (unpaired) electrons. The molecule has 0 saturated carbocycles. The second-order valence-electron chi connectivity index (χ2n) is 4.44. The molecule has 102 valence electrons. The van der Waals surface area contributed by atoms with Crippen LogP contribution in [0.4, 0.5) is 0 Å². The topological polar surface area (TPSA) is 91.6 Å². The Morgan fingerprint density at radius 1 is 1.33 bits per heavy atom. The molecule has 1 aromatic heterocycles. The van der Waals surface area contributed by atoms with Crippen molar-refractivity contribution < 1.29 is 77.9 Å². The number of carboxylic acids is 1. The Morgan fingerprint density at radius 2 is 2.10 bits per heavy atom. The molecule has 0 amide bonds. The number of pyridine rings is 1. The van der Waals surface area contributed by atoms with Crippen LogP contribution in [-0.2, 0) is 6.54 Å². The molecule has 0 bridgehead atoms. The number of hydrogen-bond donors (Lipinski definition) is 1. The van der Waals surface area contributed by atoms with Crippen LogP contribution in [0.15, 0.2) is 35.3 Å². The van der Waals surface area contributed by atoms with E-state index in [2.05, 4.69) is 0 Å². The molecule has 0 unspecified atom stereocenters. The van der Waals surface area contributed by atoms with Crippen molar-refractivity contribution >= 4 is 5.97 Å². The number of fused-ring (bicyclic) bond motifs is 3. The summed E-state index contributed by atoms with van der Waals surface area (Å²) in [6, 6.07) is 5.59. The molecule has 0 aliphatic carbocycles. The van der Waals surface area contributed by atoms with Gasteiger partial charge >= 0.3 is 64.2 Å². The van der Waals surface area contributed by atoms with E-state index < -0.39 is 11.4 Å². The fraction of sp³-hybridized carbons (Fsp3) is 0.143. The maximum absolute atomic E-state index is 11.8. The summed E-state index contributed by atoms with van der Waals surface area (Å²) in [5, 5.41) is 20.3. The summed E-state index contributed by atoms with van der Waals surface area (Å²) >= 11 is 0. The van der Waals surface area contributed by atoms with Gasteiger partial charge in [0.2, 0.25) is 0 Å². The minimum Gasteiger partial charge on any atom is -0.872 e. The van der Waals surface area contributed by atoms with Gasteiger partial charge < -0.3 is 19.5 Å². The van der Waals surface area contributed by atoms with Gasteiger partial charge in [0.1, 0.15) is 17.9 Å². The van der Waals surface area contributed by atoms with E-state index in [-0.39, 0.29) is 69.5 Å². The van der Waals surface area contributed by atoms with Crippen LogP contribution in [0.5, 0.6) is 11.5 Å². The predicted molar refractivity (Wildman–Crippen MR) is 68.0 cm³/mol. The van der Waals surface area contributed by atoms with Crippen LogP contribution < -0.4 is 73.5 Å². The third kappa shape index (κ3) is 3.13. The van der Waals surface area contributed by atoms with Gasteiger partial charge in [-0.15, -0.1) is 5.75 Å². The molecule has 0 fully saturated rings. The number of rotatable bonds is 1. The van der Waals surface area contributed by atoms with Crippen molar-refractivity contribution in [1.29, 1.82) is 0 Å². The summed E-state index contributed by atoms with van der Waals surface area (Å²) in [6.07, 6.45) is 1.31. The summed E-state index contributed by atoms with van der Waals surface area (Å²) in [5.74, 6) is -1.03. The first-order chi connectivity index (χ1) is 9.56. The van der Waals surface area contributed by atoms with Gasteiger partial charge in [-0.3, -0.25) is 4.79 Å². The maximum Gasteiger partial charge on any atom is 1.00 e. The number of ether oxygens (including phenoxy) is 1. The van der Waals surface area contributed by atoms with Gasteiger partial charge in [0.05, 0.1) is 12.2 Å². The Balaban J connectivity index is 0.00000161. The van der Waals surface area contributed by atoms with Crippen molar-refractivity contribution in [2.45, 2.75) is 6.54 Å². The standard InChI is InChI=1S/C14H11NO5.Rb/c16-8-1-2-9-11-6-12(17)10(14(18)19)7-15(11)3-4-20-13(9)5-8;/h1-2,5-7,16H,3-4H2,(H,18,19);/q;+1/p-1. The second-order valence-corrected chi connectivity index (χ2v) is 4.44. The summed E-state index contributed by atoms with van der Waals surface area (Å²) in [7, 11) is 0. The fourth-order valence-corrected chi connectivity index (χ4v) is 2.24. The number of hydrogen-bond acceptors (Lipinski definition) is 4. The van der Waals surface area contributed by atoms with Crippen molar-refractivity contribution in [2.24, 2.45) is 0 Å². The molecular formula is C14H10NO5Rb. The van der Waals surface area contributed by atoms with E-state index in [1.807, 2.05) is 0 Å². The Bertz CT molecular complexity index is 768. The van der Waals surface area contributed by atoms with Crippen molar-refractivity contribution in [1.82, 2.24) is 4.57 Å². The summed E-state index contributed by atoms with van der Waals surface area (Å²) in [5.41, 5.74) is 0.309. The van der Waals surface area contributed by atoms with Crippen LogP contribution in [0.3, 0.4) is 0 Å². The normalized spacial score (nSPS) is 12.2. The summed E-state index contributed by atoms with van der Waals surface area (Å²) in [4.78, 5) is 22.8. The minimum absolute atomic E-state index is 0. The zero-order valence-corrected chi connectivity index (χ0v) is 16.2. The molecule has 1 aromatic carbocycles. The van der Waals surface area contributed by atoms with Gasteiger partial charge in [-0.05, 0) is 12.1 Å². The number of nitrogens with zero attached hydrogens (tertiary/aromatic N) is 1. The van der Waals surface area contributed by atoms with E-state index in [1.165, 1.54) is 24.4 Å². The number of carboxylic acid groups (broad SMARTS) is 1. The molecule has 1 aliphatic heterocycles. The zero-order chi connectivity index (χ0) is 14.3. The Kier molecular flexibility index (Phi) is 5.03. The van der Waals surface area contributed by atoms with E-state index in [0.29, 0.717) is 30.2 Å². The first-order valence-corrected chi connectivity index (χ1v) is 5.98. The average Bonchev–Trinajstić information content (AvgIpc) is 2.56. The van der Waals surface area contributed by atoms with E-state index in [4.69, 9.17) is 9.84 Å². The number of aromatic nitrogens is 1. The predicted octanol–water partition coefficient (Wildman–Crippen LogP) is -2.32. The van der Waals surface area contributed by atoms with Gasteiger partial charge in [-0.2, -0.15) is 0 Å². The molecule has 3 rings (SSSR count). The summed E-state index contributed by atoms with van der Waals surface area (Å²) in [6.45, 7) is 0.699. The fourth-order valence-electron chi connectivity index (χ4n) is 2.24. The maximum atomic E-state index is 11.8. The van der Waals surface area contributed by atoms with E-state index in [0.717, 1.165) is 0 Å². The van der Waals surface area contributed by atoms with Crippen molar-refractivity contribution in [2.75, 3.05) is 6.61 Å². The van der Waals surface area contributed by atoms with Crippen LogP contribution in [0, 0.1) is 0 Å². The molecular weight excluding hydrogens is 348 g/mol. The van der Waals surface area contributed by atoms with E-state index in [1.54, 1.807) is 10.6 Å². The Hall–Kier alpha value is -0.955. The molecule has 1 N–H and O–H groups in total. The third-order valence-corrected chi connectivity index (χ3v) is 3.18. The number of aromatic carboxylic acids is 1. The van der Waals surface area contributed by atoms with E-state index in [9.17, 15) is 14.7 Å². The monoisotopic (exact) mass is 357 g/mol. The molecule has 21 heavy (non-hydrogen) atoms. The third-order valence-electron chi connectivity index (χ3n) is 3.18. The first-order valence-electron chi connectivity index (χ1n) is 5.98. The van der Waals surface area contributed by atoms with Gasteiger partial charge in [-0.1, -0.05) is 6.07 Å². The van der Waals surface area contributed by atoms with Crippen LogP contribution in [0.1, 0.15) is 10.4 Å². The molecule has 2 heterocycles. The number of benzene rings is 1. The molecule has 6 nitrogen and oxygen atoms in total. The summed E-state index contributed by atoms with van der Waals surface area (Å²) < 4.78 is 7.14. The van der Waals surface area contributed by atoms with Gasteiger partial charge in [-0.25, -0.2) is 4.79 Å². The molecule has 0 spiro atoms. The average molecular weight is 358 g/mol. The molecule has 0 saturated heterocycles. The minimum atomic E-state index is -1.26. The second kappa shape index (κ2) is 6.43. The van der Waals surface area contributed by atoms with Gasteiger partial charge in [0.15, 0.2) is 5.43 Å². The molecule has 0 atom stereocenters. The SMILES string of the molecule is O=C(O)c1cn2c(cc1=O)-c1ccc([O-])cc1OCC2.[Rb+]. The Morgan fingerprint density at radius 3 is 2.81 bits per heavy atom. The van der Waals surface area contributed by atoms with Crippen LogP contribution in [0.25, 0.3) is 11.3 Å².